The second-order valence-corrected chi connectivity index (χ2v) is 6.03. The number of thioether (sulfide) groups is 1. The number of rotatable bonds is 2. The molecule has 1 aliphatic carbocycles. The predicted octanol–water partition coefficient (Wildman–Crippen LogP) is 4.24. The quantitative estimate of drug-likeness (QED) is 0.621. The van der Waals surface area contributed by atoms with E-state index in [1.807, 2.05) is 0 Å². The van der Waals surface area contributed by atoms with Crippen LogP contribution < -0.4 is 0 Å². The van der Waals surface area contributed by atoms with Crippen LogP contribution in [0.3, 0.4) is 0 Å². The van der Waals surface area contributed by atoms with Crippen molar-refractivity contribution < 1.29 is 0 Å². The molecule has 0 radical (unpaired) electrons. The van der Waals surface area contributed by atoms with Gasteiger partial charge >= 0.3 is 0 Å². The first-order chi connectivity index (χ1) is 5.79. The first-order valence-corrected chi connectivity index (χ1v) is 6.39. The minimum Gasteiger partial charge on any atom is -0.156 e. The van der Waals surface area contributed by atoms with Gasteiger partial charge in [-0.2, -0.15) is 11.8 Å². The molecule has 0 amide bonds. The molecule has 0 unspecified atom stereocenters. The zero-order chi connectivity index (χ0) is 8.81. The summed E-state index contributed by atoms with van der Waals surface area (Å²) in [6, 6.07) is 0. The summed E-state index contributed by atoms with van der Waals surface area (Å²) in [6.45, 7) is 4.65. The van der Waals surface area contributed by atoms with Gasteiger partial charge in [-0.15, -0.1) is 0 Å². The van der Waals surface area contributed by atoms with Gasteiger partial charge in [-0.05, 0) is 18.1 Å². The first-order valence-electron chi connectivity index (χ1n) is 5.44. The first kappa shape index (κ1) is 10.4. The van der Waals surface area contributed by atoms with E-state index >= 15 is 0 Å². The third kappa shape index (κ3) is 4.39. The molecule has 1 heteroatoms. The molecule has 1 fully saturated rings. The molecule has 72 valence electrons. The highest BCUT2D eigenvalue weighted by Crippen LogP contribution is 2.29. The minimum atomic E-state index is 0.828. The van der Waals surface area contributed by atoms with E-state index in [0.717, 1.165) is 10.5 Å². The van der Waals surface area contributed by atoms with Crippen LogP contribution >= 0.6 is 11.8 Å². The monoisotopic (exact) mass is 186 g/mol. The molecule has 0 spiro atoms. The third-order valence-electron chi connectivity index (χ3n) is 2.52. The highest BCUT2D eigenvalue weighted by atomic mass is 32.2. The topological polar surface area (TPSA) is 0 Å². The Morgan fingerprint density at radius 1 is 0.917 bits per heavy atom. The van der Waals surface area contributed by atoms with Crippen LogP contribution in [0.4, 0.5) is 0 Å². The molecule has 0 aromatic carbocycles. The molecule has 1 saturated carbocycles. The average molecular weight is 186 g/mol. The molecule has 0 atom stereocenters. The van der Waals surface area contributed by atoms with Crippen LogP contribution in [0, 0.1) is 0 Å². The van der Waals surface area contributed by atoms with Crippen LogP contribution in [0.15, 0.2) is 0 Å². The van der Waals surface area contributed by atoms with Crippen LogP contribution in [0.5, 0.6) is 0 Å². The largest absolute Gasteiger partial charge is 0.156 e. The fourth-order valence-electron chi connectivity index (χ4n) is 1.94. The fraction of sp³-hybridized carbons (Fsp3) is 1.00. The van der Waals surface area contributed by atoms with E-state index in [-0.39, 0.29) is 0 Å². The van der Waals surface area contributed by atoms with Crippen LogP contribution in [0.1, 0.15) is 58.8 Å². The molecule has 0 nitrogen and oxygen atoms in total. The molecule has 0 aliphatic heterocycles. The zero-order valence-electron chi connectivity index (χ0n) is 8.51. The maximum absolute atomic E-state index is 2.32. The lowest BCUT2D eigenvalue weighted by Crippen LogP contribution is -2.08. The predicted molar refractivity (Wildman–Crippen MR) is 58.8 cm³/mol. The maximum atomic E-state index is 2.32. The van der Waals surface area contributed by atoms with Gasteiger partial charge in [0.2, 0.25) is 0 Å². The van der Waals surface area contributed by atoms with Crippen molar-refractivity contribution in [2.24, 2.45) is 0 Å². The molecule has 0 heterocycles. The maximum Gasteiger partial charge on any atom is 0.00496 e. The number of hydrogen-bond donors (Lipinski definition) is 0. The summed E-state index contributed by atoms with van der Waals surface area (Å²) in [5.41, 5.74) is 0. The van der Waals surface area contributed by atoms with E-state index < -0.39 is 0 Å². The Balaban J connectivity index is 2.20. The Bertz CT molecular complexity index is 102. The van der Waals surface area contributed by atoms with E-state index in [4.69, 9.17) is 0 Å². The summed E-state index contributed by atoms with van der Waals surface area (Å²) in [6.07, 6.45) is 10.4. The van der Waals surface area contributed by atoms with Crippen molar-refractivity contribution in [2.45, 2.75) is 69.3 Å². The lowest BCUT2D eigenvalue weighted by molar-refractivity contribution is 0.512. The SMILES string of the molecule is CC(C)SC1CCCCCCC1. The van der Waals surface area contributed by atoms with Crippen LogP contribution in [0.25, 0.3) is 0 Å². The second-order valence-electron chi connectivity index (χ2n) is 4.15. The van der Waals surface area contributed by atoms with Crippen molar-refractivity contribution >= 4 is 11.8 Å². The van der Waals surface area contributed by atoms with Gasteiger partial charge in [-0.3, -0.25) is 0 Å². The average Bonchev–Trinajstić information content (AvgIpc) is 1.93. The van der Waals surface area contributed by atoms with E-state index in [1.54, 1.807) is 0 Å². The lowest BCUT2D eigenvalue weighted by atomic mass is 10.0. The third-order valence-corrected chi connectivity index (χ3v) is 3.92. The lowest BCUT2D eigenvalue weighted by Gasteiger charge is -2.20. The van der Waals surface area contributed by atoms with Crippen LogP contribution in [-0.2, 0) is 0 Å². The van der Waals surface area contributed by atoms with Crippen molar-refractivity contribution in [3.05, 3.63) is 0 Å². The highest BCUT2D eigenvalue weighted by molar-refractivity contribution is 8.00. The molecule has 0 N–H and O–H groups in total. The van der Waals surface area contributed by atoms with E-state index in [2.05, 4.69) is 25.6 Å². The van der Waals surface area contributed by atoms with Crippen molar-refractivity contribution in [3.8, 4) is 0 Å². The molecule has 1 aliphatic rings. The Labute approximate surface area is 81.5 Å². The van der Waals surface area contributed by atoms with Gasteiger partial charge in [0.25, 0.3) is 0 Å². The molecule has 1 rings (SSSR count). The normalized spacial score (nSPS) is 22.2. The summed E-state index contributed by atoms with van der Waals surface area (Å²) in [5, 5.41) is 1.81. The van der Waals surface area contributed by atoms with Crippen molar-refractivity contribution in [2.75, 3.05) is 0 Å². The summed E-state index contributed by atoms with van der Waals surface area (Å²) < 4.78 is 0. The van der Waals surface area contributed by atoms with Crippen molar-refractivity contribution in [1.82, 2.24) is 0 Å². The summed E-state index contributed by atoms with van der Waals surface area (Å²) in [7, 11) is 0. The van der Waals surface area contributed by atoms with Gasteiger partial charge in [-0.1, -0.05) is 46.0 Å². The summed E-state index contributed by atoms with van der Waals surface area (Å²) in [4.78, 5) is 0. The second kappa shape index (κ2) is 5.90. The minimum absolute atomic E-state index is 0.828. The standard InChI is InChI=1S/C11H22S/c1-10(2)12-11-8-6-4-3-5-7-9-11/h10-11H,3-9H2,1-2H3. The Morgan fingerprint density at radius 2 is 1.42 bits per heavy atom. The molecule has 12 heavy (non-hydrogen) atoms. The van der Waals surface area contributed by atoms with Gasteiger partial charge in [0.05, 0.1) is 0 Å². The fourth-order valence-corrected chi connectivity index (χ4v) is 3.31. The van der Waals surface area contributed by atoms with E-state index in [0.29, 0.717) is 0 Å². The summed E-state index contributed by atoms with van der Waals surface area (Å²) >= 11 is 2.20. The Morgan fingerprint density at radius 3 is 1.92 bits per heavy atom. The molecular formula is C11H22S. The Kier molecular flexibility index (Phi) is 5.13. The Hall–Kier alpha value is 0.350. The molecule has 0 aromatic rings. The van der Waals surface area contributed by atoms with E-state index in [9.17, 15) is 0 Å². The van der Waals surface area contributed by atoms with Gasteiger partial charge < -0.3 is 0 Å². The van der Waals surface area contributed by atoms with Crippen LogP contribution in [0.2, 0.25) is 0 Å². The smallest absolute Gasteiger partial charge is 0.00496 e. The number of hydrogen-bond acceptors (Lipinski definition) is 1. The molecular weight excluding hydrogens is 164 g/mol. The van der Waals surface area contributed by atoms with Gasteiger partial charge in [0, 0.05) is 5.25 Å². The van der Waals surface area contributed by atoms with Gasteiger partial charge in [0.15, 0.2) is 0 Å². The highest BCUT2D eigenvalue weighted by Gasteiger charge is 2.12. The molecule has 0 aromatic heterocycles. The zero-order valence-corrected chi connectivity index (χ0v) is 9.33. The molecule has 0 bridgehead atoms. The van der Waals surface area contributed by atoms with Crippen LogP contribution in [-0.4, -0.2) is 10.5 Å². The van der Waals surface area contributed by atoms with E-state index in [1.165, 1.54) is 44.9 Å². The van der Waals surface area contributed by atoms with Gasteiger partial charge in [0.1, 0.15) is 0 Å². The van der Waals surface area contributed by atoms with Crippen molar-refractivity contribution in [3.63, 3.8) is 0 Å². The summed E-state index contributed by atoms with van der Waals surface area (Å²) in [5.74, 6) is 0. The van der Waals surface area contributed by atoms with Crippen molar-refractivity contribution in [1.29, 1.82) is 0 Å². The van der Waals surface area contributed by atoms with Gasteiger partial charge in [-0.25, -0.2) is 0 Å². The molecule has 0 saturated heterocycles.